The van der Waals surface area contributed by atoms with Crippen LogP contribution < -0.4 is 0 Å². The molecule has 0 aliphatic carbocycles. The molecule has 0 N–H and O–H groups in total. The maximum atomic E-state index is 14.0. The van der Waals surface area contributed by atoms with E-state index in [1.807, 2.05) is 24.5 Å². The van der Waals surface area contributed by atoms with Crippen LogP contribution in [0.3, 0.4) is 0 Å². The molecule has 0 unspecified atom stereocenters. The van der Waals surface area contributed by atoms with Crippen LogP contribution in [0.1, 0.15) is 22.5 Å². The molecular formula is C21H16F2N2. The first kappa shape index (κ1) is 16.7. The topological polar surface area (TPSA) is 28.7 Å². The number of aryl methyl sites for hydroxylation is 1. The number of hydrogen-bond acceptors (Lipinski definition) is 1. The summed E-state index contributed by atoms with van der Waals surface area (Å²) in [6.45, 7) is 3.85. The van der Waals surface area contributed by atoms with Gasteiger partial charge in [-0.3, -0.25) is 0 Å². The molecule has 0 fully saturated rings. The van der Waals surface area contributed by atoms with E-state index >= 15 is 0 Å². The first-order valence-electron chi connectivity index (χ1n) is 7.83. The molecule has 0 atom stereocenters. The quantitative estimate of drug-likeness (QED) is 0.587. The second-order valence-electron chi connectivity index (χ2n) is 5.79. The third kappa shape index (κ3) is 3.22. The van der Waals surface area contributed by atoms with Crippen LogP contribution in [0.15, 0.2) is 54.6 Å². The predicted octanol–water partition coefficient (Wildman–Crippen LogP) is 5.44. The summed E-state index contributed by atoms with van der Waals surface area (Å²) in [5, 5.41) is 9.45. The van der Waals surface area contributed by atoms with Gasteiger partial charge in [0.1, 0.15) is 11.6 Å². The average Bonchev–Trinajstić information content (AvgIpc) is 2.88. The van der Waals surface area contributed by atoms with E-state index in [9.17, 15) is 14.0 Å². The summed E-state index contributed by atoms with van der Waals surface area (Å²) < 4.78 is 29.1. The van der Waals surface area contributed by atoms with Crippen molar-refractivity contribution in [2.75, 3.05) is 0 Å². The van der Waals surface area contributed by atoms with Crippen molar-refractivity contribution in [2.24, 2.45) is 0 Å². The van der Waals surface area contributed by atoms with E-state index in [1.54, 1.807) is 36.4 Å². The Kier molecular flexibility index (Phi) is 4.49. The van der Waals surface area contributed by atoms with Gasteiger partial charge in [0.25, 0.3) is 0 Å². The van der Waals surface area contributed by atoms with Crippen molar-refractivity contribution in [3.63, 3.8) is 0 Å². The highest BCUT2D eigenvalue weighted by Crippen LogP contribution is 2.26. The lowest BCUT2D eigenvalue weighted by Crippen LogP contribution is -1.99. The Morgan fingerprint density at radius 2 is 1.72 bits per heavy atom. The number of nitrogens with zero attached hydrogens (tertiary/aromatic N) is 2. The predicted molar refractivity (Wildman–Crippen MR) is 95.1 cm³/mol. The third-order valence-electron chi connectivity index (χ3n) is 4.14. The van der Waals surface area contributed by atoms with Crippen LogP contribution in [0, 0.1) is 36.8 Å². The van der Waals surface area contributed by atoms with Gasteiger partial charge in [0.2, 0.25) is 0 Å². The molecule has 0 radical (unpaired) electrons. The second-order valence-corrected chi connectivity index (χ2v) is 5.79. The summed E-state index contributed by atoms with van der Waals surface area (Å²) in [7, 11) is 0. The minimum absolute atomic E-state index is 0.262. The molecule has 0 bridgehead atoms. The van der Waals surface area contributed by atoms with Crippen molar-refractivity contribution in [3.8, 4) is 11.8 Å². The highest BCUT2D eigenvalue weighted by molar-refractivity contribution is 5.90. The molecule has 124 valence electrons. The van der Waals surface area contributed by atoms with E-state index in [4.69, 9.17) is 0 Å². The first-order valence-corrected chi connectivity index (χ1v) is 7.83. The molecule has 1 aromatic heterocycles. The maximum Gasteiger partial charge on any atom is 0.131 e. The minimum atomic E-state index is -0.428. The normalized spacial score (nSPS) is 11.4. The van der Waals surface area contributed by atoms with Gasteiger partial charge in [-0.1, -0.05) is 18.2 Å². The highest BCUT2D eigenvalue weighted by atomic mass is 19.1. The number of halogens is 2. The van der Waals surface area contributed by atoms with Crippen molar-refractivity contribution < 1.29 is 8.78 Å². The Morgan fingerprint density at radius 3 is 2.36 bits per heavy atom. The zero-order valence-corrected chi connectivity index (χ0v) is 13.9. The van der Waals surface area contributed by atoms with Crippen molar-refractivity contribution in [1.29, 1.82) is 5.26 Å². The summed E-state index contributed by atoms with van der Waals surface area (Å²) in [5.41, 5.74) is 4.03. The molecule has 0 spiro atoms. The Balaban J connectivity index is 2.10. The van der Waals surface area contributed by atoms with Crippen LogP contribution in [-0.4, -0.2) is 4.57 Å². The minimum Gasteiger partial charge on any atom is -0.318 e. The van der Waals surface area contributed by atoms with Gasteiger partial charge in [-0.15, -0.1) is 0 Å². The van der Waals surface area contributed by atoms with Gasteiger partial charge in [-0.25, -0.2) is 8.78 Å². The number of rotatable bonds is 3. The molecule has 1 heterocycles. The van der Waals surface area contributed by atoms with E-state index in [0.29, 0.717) is 0 Å². The average molecular weight is 334 g/mol. The fraction of sp³-hybridized carbons (Fsp3) is 0.0952. The lowest BCUT2D eigenvalue weighted by Gasteiger charge is -2.09. The van der Waals surface area contributed by atoms with Crippen LogP contribution in [0.2, 0.25) is 0 Å². The van der Waals surface area contributed by atoms with Crippen LogP contribution in [-0.2, 0) is 0 Å². The molecule has 2 nitrogen and oxygen atoms in total. The SMILES string of the molecule is Cc1cc(/C=C(/C#N)c2ccccc2F)c(C)n1-c1ccc(F)cc1. The molecule has 3 aromatic rings. The number of benzene rings is 2. The van der Waals surface area contributed by atoms with Crippen molar-refractivity contribution in [1.82, 2.24) is 4.57 Å². The van der Waals surface area contributed by atoms with Gasteiger partial charge in [0, 0.05) is 22.6 Å². The zero-order valence-electron chi connectivity index (χ0n) is 13.9. The van der Waals surface area contributed by atoms with Crippen LogP contribution in [0.4, 0.5) is 8.78 Å². The summed E-state index contributed by atoms with van der Waals surface area (Å²) in [4.78, 5) is 0. The second kappa shape index (κ2) is 6.74. The molecule has 2 aromatic carbocycles. The number of hydrogen-bond donors (Lipinski definition) is 0. The Labute approximate surface area is 145 Å². The van der Waals surface area contributed by atoms with E-state index < -0.39 is 5.82 Å². The van der Waals surface area contributed by atoms with E-state index in [0.717, 1.165) is 22.6 Å². The smallest absolute Gasteiger partial charge is 0.131 e. The standard InChI is InChI=1S/C21H16F2N2/c1-14-11-16(12-17(13-24)20-5-3-4-6-21(20)23)15(2)25(14)19-9-7-18(22)8-10-19/h3-12H,1-2H3/b17-12-. The molecule has 25 heavy (non-hydrogen) atoms. The summed E-state index contributed by atoms with van der Waals surface area (Å²) >= 11 is 0. The molecule has 0 saturated heterocycles. The zero-order chi connectivity index (χ0) is 18.0. The molecule has 0 aliphatic heterocycles. The summed E-state index contributed by atoms with van der Waals surface area (Å²) in [6.07, 6.45) is 1.68. The molecule has 0 aliphatic rings. The van der Waals surface area contributed by atoms with Gasteiger partial charge in [-0.2, -0.15) is 5.26 Å². The number of nitriles is 1. The lowest BCUT2D eigenvalue weighted by molar-refractivity contribution is 0.624. The number of aromatic nitrogens is 1. The Hall–Kier alpha value is -3.19. The molecular weight excluding hydrogens is 318 g/mol. The van der Waals surface area contributed by atoms with Gasteiger partial charge < -0.3 is 4.57 Å². The maximum absolute atomic E-state index is 14.0. The Bertz CT molecular complexity index is 990. The fourth-order valence-corrected chi connectivity index (χ4v) is 2.93. The van der Waals surface area contributed by atoms with Crippen LogP contribution in [0.5, 0.6) is 0 Å². The van der Waals surface area contributed by atoms with Gasteiger partial charge in [0.15, 0.2) is 0 Å². The number of allylic oxidation sites excluding steroid dienone is 1. The molecule has 3 rings (SSSR count). The van der Waals surface area contributed by atoms with Gasteiger partial charge >= 0.3 is 0 Å². The van der Waals surface area contributed by atoms with Crippen LogP contribution in [0.25, 0.3) is 17.3 Å². The van der Waals surface area contributed by atoms with Gasteiger partial charge in [0.05, 0.1) is 11.6 Å². The molecule has 0 saturated carbocycles. The van der Waals surface area contributed by atoms with Gasteiger partial charge in [-0.05, 0) is 61.9 Å². The van der Waals surface area contributed by atoms with E-state index in [-0.39, 0.29) is 17.0 Å². The fourth-order valence-electron chi connectivity index (χ4n) is 2.93. The third-order valence-corrected chi connectivity index (χ3v) is 4.14. The van der Waals surface area contributed by atoms with Crippen molar-refractivity contribution in [2.45, 2.75) is 13.8 Å². The van der Waals surface area contributed by atoms with E-state index in [1.165, 1.54) is 18.2 Å². The lowest BCUT2D eigenvalue weighted by atomic mass is 10.0. The van der Waals surface area contributed by atoms with E-state index in [2.05, 4.69) is 6.07 Å². The first-order chi connectivity index (χ1) is 12.0. The van der Waals surface area contributed by atoms with Crippen LogP contribution >= 0.6 is 0 Å². The monoisotopic (exact) mass is 334 g/mol. The molecule has 0 amide bonds. The highest BCUT2D eigenvalue weighted by Gasteiger charge is 2.12. The summed E-state index contributed by atoms with van der Waals surface area (Å²) in [6, 6.07) is 16.4. The Morgan fingerprint density at radius 1 is 1.04 bits per heavy atom. The summed E-state index contributed by atoms with van der Waals surface area (Å²) in [5.74, 6) is -0.722. The molecule has 4 heteroatoms. The largest absolute Gasteiger partial charge is 0.318 e. The van der Waals surface area contributed by atoms with Crippen molar-refractivity contribution in [3.05, 3.63) is 88.7 Å². The van der Waals surface area contributed by atoms with Crippen molar-refractivity contribution >= 4 is 11.6 Å².